The molecular formula is C18H26N2O5. The van der Waals surface area contributed by atoms with Crippen LogP contribution in [0.5, 0.6) is 0 Å². The number of nitrogens with zero attached hydrogens (tertiary/aromatic N) is 1. The van der Waals surface area contributed by atoms with Crippen LogP contribution in [0.25, 0.3) is 0 Å². The number of esters is 1. The first-order valence-electron chi connectivity index (χ1n) is 8.82. The summed E-state index contributed by atoms with van der Waals surface area (Å²) in [5.41, 5.74) is -0.391. The number of urea groups is 1. The van der Waals surface area contributed by atoms with Crippen molar-refractivity contribution >= 4 is 12.0 Å². The number of hydrogen-bond acceptors (Lipinski definition) is 5. The van der Waals surface area contributed by atoms with E-state index in [1.54, 1.807) is 26.1 Å². The molecule has 1 saturated carbocycles. The van der Waals surface area contributed by atoms with Crippen molar-refractivity contribution in [1.29, 1.82) is 0 Å². The molecule has 1 saturated heterocycles. The number of carbonyl (C=O) groups excluding carboxylic acids is 2. The van der Waals surface area contributed by atoms with Crippen LogP contribution in [0.2, 0.25) is 0 Å². The van der Waals surface area contributed by atoms with E-state index in [0.717, 1.165) is 25.7 Å². The Labute approximate surface area is 148 Å². The topological polar surface area (TPSA) is 77.1 Å². The van der Waals surface area contributed by atoms with Gasteiger partial charge in [0.25, 0.3) is 0 Å². The van der Waals surface area contributed by atoms with Crippen LogP contribution >= 0.6 is 0 Å². The van der Waals surface area contributed by atoms with Gasteiger partial charge in [-0.25, -0.2) is 9.59 Å². The van der Waals surface area contributed by atoms with Crippen LogP contribution in [0.1, 0.15) is 46.0 Å². The van der Waals surface area contributed by atoms with E-state index < -0.39 is 5.60 Å². The van der Waals surface area contributed by atoms with Crippen molar-refractivity contribution in [3.63, 3.8) is 0 Å². The van der Waals surface area contributed by atoms with Crippen molar-refractivity contribution in [1.82, 2.24) is 10.2 Å². The molecule has 0 bridgehead atoms. The summed E-state index contributed by atoms with van der Waals surface area (Å²) < 4.78 is 17.0. The van der Waals surface area contributed by atoms with Gasteiger partial charge in [-0.15, -0.1) is 0 Å². The Hall–Kier alpha value is -1.86. The van der Waals surface area contributed by atoms with Crippen LogP contribution in [0.15, 0.2) is 24.6 Å². The lowest BCUT2D eigenvalue weighted by Gasteiger charge is -2.34. The van der Waals surface area contributed by atoms with E-state index in [-0.39, 0.29) is 37.0 Å². The maximum atomic E-state index is 12.3. The Morgan fingerprint density at radius 2 is 2.16 bits per heavy atom. The van der Waals surface area contributed by atoms with Gasteiger partial charge >= 0.3 is 12.0 Å². The SMILES string of the molecule is C=C1C=CN(C2CCC(COC(=O)C(C)(C)OC3CCC3)O2)C(=O)N1. The van der Waals surface area contributed by atoms with E-state index in [9.17, 15) is 9.59 Å². The summed E-state index contributed by atoms with van der Waals surface area (Å²) in [4.78, 5) is 25.7. The van der Waals surface area contributed by atoms with Crippen molar-refractivity contribution < 1.29 is 23.8 Å². The number of carbonyl (C=O) groups is 2. The van der Waals surface area contributed by atoms with E-state index in [2.05, 4.69) is 11.9 Å². The first-order chi connectivity index (χ1) is 11.8. The summed E-state index contributed by atoms with van der Waals surface area (Å²) in [7, 11) is 0. The lowest BCUT2D eigenvalue weighted by Crippen LogP contribution is -2.45. The minimum Gasteiger partial charge on any atom is -0.461 e. The van der Waals surface area contributed by atoms with Crippen LogP contribution in [-0.4, -0.2) is 47.5 Å². The third-order valence-corrected chi connectivity index (χ3v) is 4.74. The van der Waals surface area contributed by atoms with Crippen LogP contribution in [-0.2, 0) is 19.0 Å². The molecule has 2 aliphatic heterocycles. The van der Waals surface area contributed by atoms with E-state index in [0.29, 0.717) is 12.1 Å². The van der Waals surface area contributed by atoms with Gasteiger partial charge in [0.05, 0.1) is 12.2 Å². The van der Waals surface area contributed by atoms with Gasteiger partial charge in [-0.2, -0.15) is 0 Å². The number of nitrogens with one attached hydrogen (secondary N) is 1. The third-order valence-electron chi connectivity index (χ3n) is 4.74. The Morgan fingerprint density at radius 3 is 2.80 bits per heavy atom. The Bertz CT molecular complexity index is 582. The fourth-order valence-electron chi connectivity index (χ4n) is 3.02. The van der Waals surface area contributed by atoms with Crippen molar-refractivity contribution in [2.24, 2.45) is 0 Å². The molecule has 3 rings (SSSR count). The zero-order valence-corrected chi connectivity index (χ0v) is 14.8. The molecule has 2 fully saturated rings. The first-order valence-corrected chi connectivity index (χ1v) is 8.82. The smallest absolute Gasteiger partial charge is 0.337 e. The minimum atomic E-state index is -0.945. The van der Waals surface area contributed by atoms with Crippen LogP contribution in [0.4, 0.5) is 4.79 Å². The van der Waals surface area contributed by atoms with Gasteiger partial charge < -0.3 is 19.5 Å². The van der Waals surface area contributed by atoms with Gasteiger partial charge in [0.15, 0.2) is 5.60 Å². The largest absolute Gasteiger partial charge is 0.461 e. The molecule has 7 heteroatoms. The Balaban J connectivity index is 1.45. The first kappa shape index (κ1) is 17.9. The summed E-state index contributed by atoms with van der Waals surface area (Å²) >= 11 is 0. The number of ether oxygens (including phenoxy) is 3. The Kier molecular flexibility index (Phi) is 5.15. The summed E-state index contributed by atoms with van der Waals surface area (Å²) in [5, 5.41) is 2.64. The van der Waals surface area contributed by atoms with Gasteiger partial charge in [-0.3, -0.25) is 4.90 Å². The van der Waals surface area contributed by atoms with Gasteiger partial charge in [-0.05, 0) is 52.0 Å². The van der Waals surface area contributed by atoms with E-state index in [1.165, 1.54) is 4.90 Å². The summed E-state index contributed by atoms with van der Waals surface area (Å²) in [5.74, 6) is -0.377. The minimum absolute atomic E-state index is 0.161. The van der Waals surface area contributed by atoms with E-state index >= 15 is 0 Å². The molecular weight excluding hydrogens is 324 g/mol. The lowest BCUT2D eigenvalue weighted by molar-refractivity contribution is -0.183. The number of amides is 2. The predicted molar refractivity (Wildman–Crippen MR) is 90.3 cm³/mol. The molecule has 25 heavy (non-hydrogen) atoms. The molecule has 138 valence electrons. The second-order valence-electron chi connectivity index (χ2n) is 7.25. The fourth-order valence-corrected chi connectivity index (χ4v) is 3.02. The molecule has 2 unspecified atom stereocenters. The number of allylic oxidation sites excluding steroid dienone is 1. The van der Waals surface area contributed by atoms with Crippen LogP contribution in [0, 0.1) is 0 Å². The van der Waals surface area contributed by atoms with Gasteiger partial charge in [0, 0.05) is 11.9 Å². The maximum absolute atomic E-state index is 12.3. The highest BCUT2D eigenvalue weighted by atomic mass is 16.6. The highest BCUT2D eigenvalue weighted by Crippen LogP contribution is 2.29. The summed E-state index contributed by atoms with van der Waals surface area (Å²) in [6, 6.07) is -0.259. The normalized spacial score (nSPS) is 27.2. The molecule has 3 aliphatic rings. The van der Waals surface area contributed by atoms with Crippen molar-refractivity contribution in [2.75, 3.05) is 6.61 Å². The average Bonchev–Trinajstić information content (AvgIpc) is 2.97. The second-order valence-corrected chi connectivity index (χ2v) is 7.25. The highest BCUT2D eigenvalue weighted by molar-refractivity contribution is 5.79. The standard InChI is InChI=1S/C18H26N2O5/c1-12-9-10-20(17(22)19-12)15-8-7-14(24-15)11-23-16(21)18(2,3)25-13-5-4-6-13/h9-10,13-15H,1,4-8,11H2,2-3H3,(H,19,22). The van der Waals surface area contributed by atoms with Gasteiger partial charge in [0.1, 0.15) is 12.8 Å². The molecule has 2 amide bonds. The zero-order chi connectivity index (χ0) is 18.0. The molecule has 2 heterocycles. The molecule has 7 nitrogen and oxygen atoms in total. The molecule has 0 aromatic heterocycles. The monoisotopic (exact) mass is 350 g/mol. The zero-order valence-electron chi connectivity index (χ0n) is 14.8. The summed E-state index contributed by atoms with van der Waals surface area (Å²) in [6.45, 7) is 7.33. The molecule has 0 spiro atoms. The predicted octanol–water partition coefficient (Wildman–Crippen LogP) is 2.43. The molecule has 0 aromatic carbocycles. The average molecular weight is 350 g/mol. The number of rotatable bonds is 6. The summed E-state index contributed by atoms with van der Waals surface area (Å²) in [6.07, 6.45) is 7.53. The third kappa shape index (κ3) is 4.22. The molecule has 2 atom stereocenters. The van der Waals surface area contributed by atoms with Gasteiger partial charge in [-0.1, -0.05) is 6.58 Å². The molecule has 1 N–H and O–H groups in total. The van der Waals surface area contributed by atoms with E-state index in [1.807, 2.05) is 0 Å². The van der Waals surface area contributed by atoms with Crippen molar-refractivity contribution in [3.05, 3.63) is 24.6 Å². The highest BCUT2D eigenvalue weighted by Gasteiger charge is 2.37. The molecule has 1 aliphatic carbocycles. The van der Waals surface area contributed by atoms with Crippen molar-refractivity contribution in [3.8, 4) is 0 Å². The van der Waals surface area contributed by atoms with Crippen molar-refractivity contribution in [2.45, 2.75) is 70.0 Å². The quantitative estimate of drug-likeness (QED) is 0.745. The molecule has 0 aromatic rings. The lowest BCUT2D eigenvalue weighted by atomic mass is 9.95. The van der Waals surface area contributed by atoms with Crippen LogP contribution in [0.3, 0.4) is 0 Å². The fraction of sp³-hybridized carbons (Fsp3) is 0.667. The maximum Gasteiger partial charge on any atom is 0.337 e. The van der Waals surface area contributed by atoms with E-state index in [4.69, 9.17) is 14.2 Å². The van der Waals surface area contributed by atoms with Crippen LogP contribution < -0.4 is 5.32 Å². The molecule has 0 radical (unpaired) electrons. The second kappa shape index (κ2) is 7.17. The Morgan fingerprint density at radius 1 is 1.40 bits per heavy atom. The number of hydrogen-bond donors (Lipinski definition) is 1. The van der Waals surface area contributed by atoms with Gasteiger partial charge in [0.2, 0.25) is 0 Å².